The lowest BCUT2D eigenvalue weighted by Crippen LogP contribution is -2.39. The lowest BCUT2D eigenvalue weighted by Gasteiger charge is -2.25. The van der Waals surface area contributed by atoms with Gasteiger partial charge in [-0.1, -0.05) is 89.9 Å². The molecule has 0 spiro atoms. The fourth-order valence-electron chi connectivity index (χ4n) is 5.06. The molecule has 1 unspecified atom stereocenters. The molecular weight excluding hydrogens is 522 g/mol. The molecular formula is C29H49NO10. The highest BCUT2D eigenvalue weighted by Gasteiger charge is 2.45. The third-order valence-corrected chi connectivity index (χ3v) is 7.60. The summed E-state index contributed by atoms with van der Waals surface area (Å²) in [7, 11) is 0. The van der Waals surface area contributed by atoms with E-state index >= 15 is 0 Å². The molecule has 0 aliphatic carbocycles. The monoisotopic (exact) mass is 571 g/mol. The van der Waals surface area contributed by atoms with E-state index in [1.165, 1.54) is 0 Å². The van der Waals surface area contributed by atoms with Crippen molar-refractivity contribution in [2.24, 2.45) is 5.41 Å². The number of carbonyl (C=O) groups excluding carboxylic acids is 2. The summed E-state index contributed by atoms with van der Waals surface area (Å²) >= 11 is 0. The van der Waals surface area contributed by atoms with Gasteiger partial charge in [-0.15, -0.1) is 0 Å². The van der Waals surface area contributed by atoms with E-state index in [4.69, 9.17) is 9.94 Å². The Labute approximate surface area is 237 Å². The molecule has 0 aromatic rings. The number of aliphatic hydroxyl groups is 1. The minimum Gasteiger partial charge on any atom is -0.481 e. The summed E-state index contributed by atoms with van der Waals surface area (Å²) in [6.45, 7) is 0. The third kappa shape index (κ3) is 14.2. The molecule has 0 aromatic carbocycles. The Morgan fingerprint density at radius 3 is 1.43 bits per heavy atom. The molecule has 1 atom stereocenters. The van der Waals surface area contributed by atoms with Crippen LogP contribution < -0.4 is 0 Å². The highest BCUT2D eigenvalue weighted by Crippen LogP contribution is 2.33. The molecule has 0 aromatic heterocycles. The van der Waals surface area contributed by atoms with Crippen molar-refractivity contribution in [1.82, 2.24) is 5.06 Å². The highest BCUT2D eigenvalue weighted by atomic mass is 16.8. The van der Waals surface area contributed by atoms with E-state index < -0.39 is 41.4 Å². The zero-order valence-electron chi connectivity index (χ0n) is 23.8. The van der Waals surface area contributed by atoms with Gasteiger partial charge in [0.25, 0.3) is 11.8 Å². The Hall–Kier alpha value is -2.53. The van der Waals surface area contributed by atoms with Gasteiger partial charge in [-0.05, 0) is 25.7 Å². The Morgan fingerprint density at radius 1 is 0.650 bits per heavy atom. The summed E-state index contributed by atoms with van der Waals surface area (Å²) in [5, 5.41) is 38.6. The average molecular weight is 572 g/mol. The van der Waals surface area contributed by atoms with Crippen LogP contribution in [-0.2, 0) is 28.8 Å². The van der Waals surface area contributed by atoms with Crippen LogP contribution in [0, 0.1) is 5.41 Å². The van der Waals surface area contributed by atoms with Crippen LogP contribution in [0.2, 0.25) is 0 Å². The van der Waals surface area contributed by atoms with Crippen LogP contribution in [0.4, 0.5) is 0 Å². The number of carboxylic acids is 3. The van der Waals surface area contributed by atoms with Crippen LogP contribution in [0.3, 0.4) is 0 Å². The summed E-state index contributed by atoms with van der Waals surface area (Å²) in [6, 6.07) is 0. The van der Waals surface area contributed by atoms with Crippen molar-refractivity contribution < 1.29 is 49.2 Å². The van der Waals surface area contributed by atoms with Gasteiger partial charge in [-0.25, -0.2) is 4.84 Å². The van der Waals surface area contributed by atoms with Gasteiger partial charge in [-0.3, -0.25) is 24.0 Å². The standard InChI is InChI=1S/C29H49NO10/c31-23-19-20-24(32)30(23)40-26(35)18-14-10-6-2-4-8-12-16-22-29(27(36)37,28(38)39)21-15-11-7-3-1-5-9-13-17-25(33)34/h26,35H,1-22H2,(H,33,34)(H,36,37)(H,38,39). The number of aliphatic hydroxyl groups excluding tert-OH is 1. The molecule has 0 radical (unpaired) electrons. The van der Waals surface area contributed by atoms with Gasteiger partial charge in [0.05, 0.1) is 0 Å². The second-order valence-corrected chi connectivity index (χ2v) is 10.9. The molecule has 0 bridgehead atoms. The topological polar surface area (TPSA) is 179 Å². The van der Waals surface area contributed by atoms with Crippen molar-refractivity contribution in [3.05, 3.63) is 0 Å². The minimum atomic E-state index is -1.73. The van der Waals surface area contributed by atoms with Crippen LogP contribution in [0.15, 0.2) is 0 Å². The summed E-state index contributed by atoms with van der Waals surface area (Å²) < 4.78 is 0. The van der Waals surface area contributed by atoms with Gasteiger partial charge >= 0.3 is 17.9 Å². The first-order valence-corrected chi connectivity index (χ1v) is 15.0. The number of unbranched alkanes of at least 4 members (excludes halogenated alkanes) is 14. The zero-order valence-corrected chi connectivity index (χ0v) is 23.8. The predicted octanol–water partition coefficient (Wildman–Crippen LogP) is 5.43. The largest absolute Gasteiger partial charge is 0.481 e. The molecule has 11 heteroatoms. The van der Waals surface area contributed by atoms with Crippen LogP contribution in [0.25, 0.3) is 0 Å². The second-order valence-electron chi connectivity index (χ2n) is 10.9. The van der Waals surface area contributed by atoms with Crippen molar-refractivity contribution >= 4 is 29.7 Å². The Kier molecular flexibility index (Phi) is 18.1. The molecule has 230 valence electrons. The summed E-state index contributed by atoms with van der Waals surface area (Å²) in [4.78, 5) is 62.4. The molecule has 1 heterocycles. The number of hydrogen-bond acceptors (Lipinski definition) is 7. The SMILES string of the molecule is O=C(O)CCCCCCCCCCC(CCCCCCCCCCC(O)ON1C(=O)CCC1=O)(C(=O)O)C(=O)O. The number of hydrogen-bond donors (Lipinski definition) is 4. The van der Waals surface area contributed by atoms with Crippen molar-refractivity contribution in [2.75, 3.05) is 0 Å². The average Bonchev–Trinajstić information content (AvgIpc) is 3.21. The van der Waals surface area contributed by atoms with Crippen LogP contribution in [0.5, 0.6) is 0 Å². The van der Waals surface area contributed by atoms with E-state index in [0.717, 1.165) is 77.0 Å². The summed E-state index contributed by atoms with van der Waals surface area (Å²) in [5.41, 5.74) is -1.73. The van der Waals surface area contributed by atoms with E-state index in [1.807, 2.05) is 0 Å². The second kappa shape index (κ2) is 20.4. The van der Waals surface area contributed by atoms with E-state index in [-0.39, 0.29) is 32.1 Å². The number of imide groups is 1. The molecule has 2 amide bonds. The van der Waals surface area contributed by atoms with Crippen LogP contribution in [0.1, 0.15) is 141 Å². The van der Waals surface area contributed by atoms with Crippen molar-refractivity contribution in [2.45, 2.75) is 148 Å². The van der Waals surface area contributed by atoms with Crippen LogP contribution >= 0.6 is 0 Å². The van der Waals surface area contributed by atoms with Crippen LogP contribution in [-0.4, -0.2) is 61.5 Å². The number of amides is 2. The maximum atomic E-state index is 11.9. The molecule has 1 saturated heterocycles. The van der Waals surface area contributed by atoms with Gasteiger partial charge in [0.15, 0.2) is 11.7 Å². The quantitative estimate of drug-likeness (QED) is 0.0453. The lowest BCUT2D eigenvalue weighted by atomic mass is 9.78. The smallest absolute Gasteiger partial charge is 0.321 e. The fraction of sp³-hybridized carbons (Fsp3) is 0.828. The molecule has 1 fully saturated rings. The number of carboxylic acid groups (broad SMARTS) is 3. The van der Waals surface area contributed by atoms with E-state index in [9.17, 15) is 39.3 Å². The summed E-state index contributed by atoms with van der Waals surface area (Å²) in [5.74, 6) is -4.15. The number of nitrogens with zero attached hydrogens (tertiary/aromatic N) is 1. The van der Waals surface area contributed by atoms with Gasteiger partial charge in [0.2, 0.25) is 0 Å². The number of carbonyl (C=O) groups is 5. The minimum absolute atomic E-state index is 0.111. The molecule has 1 aliphatic heterocycles. The fourth-order valence-corrected chi connectivity index (χ4v) is 5.06. The van der Waals surface area contributed by atoms with Gasteiger partial charge < -0.3 is 20.4 Å². The Bertz CT molecular complexity index is 770. The first kappa shape index (κ1) is 35.5. The number of rotatable bonds is 26. The predicted molar refractivity (Wildman–Crippen MR) is 146 cm³/mol. The van der Waals surface area contributed by atoms with Gasteiger partial charge in [0.1, 0.15) is 0 Å². The van der Waals surface area contributed by atoms with E-state index in [2.05, 4.69) is 0 Å². The summed E-state index contributed by atoms with van der Waals surface area (Å²) in [6.07, 6.45) is 13.3. The molecule has 40 heavy (non-hydrogen) atoms. The maximum Gasteiger partial charge on any atom is 0.321 e. The van der Waals surface area contributed by atoms with Crippen molar-refractivity contribution in [1.29, 1.82) is 0 Å². The third-order valence-electron chi connectivity index (χ3n) is 7.60. The number of aliphatic carboxylic acids is 3. The molecule has 1 rings (SSSR count). The highest BCUT2D eigenvalue weighted by molar-refractivity contribution is 6.00. The van der Waals surface area contributed by atoms with Gasteiger partial charge in [0, 0.05) is 25.7 Å². The molecule has 4 N–H and O–H groups in total. The van der Waals surface area contributed by atoms with E-state index in [1.54, 1.807) is 0 Å². The molecule has 1 aliphatic rings. The Balaban J connectivity index is 2.13. The lowest BCUT2D eigenvalue weighted by molar-refractivity contribution is -0.245. The Morgan fingerprint density at radius 2 is 1.02 bits per heavy atom. The van der Waals surface area contributed by atoms with Crippen molar-refractivity contribution in [3.63, 3.8) is 0 Å². The molecule has 11 nitrogen and oxygen atoms in total. The first-order chi connectivity index (χ1) is 19.1. The normalized spacial score (nSPS) is 14.6. The number of hydroxylamine groups is 2. The first-order valence-electron chi connectivity index (χ1n) is 15.0. The zero-order chi connectivity index (χ0) is 29.8. The maximum absolute atomic E-state index is 11.9. The van der Waals surface area contributed by atoms with E-state index in [0.29, 0.717) is 37.2 Å². The van der Waals surface area contributed by atoms with Crippen molar-refractivity contribution in [3.8, 4) is 0 Å². The molecule has 0 saturated carbocycles. The van der Waals surface area contributed by atoms with Gasteiger partial charge in [-0.2, -0.15) is 5.06 Å².